The Labute approximate surface area is 244 Å². The predicted octanol–water partition coefficient (Wildman–Crippen LogP) is 4.45. The average Bonchev–Trinajstić information content (AvgIpc) is 3.01. The third-order valence-corrected chi connectivity index (χ3v) is 7.55. The topological polar surface area (TPSA) is 126 Å². The zero-order chi connectivity index (χ0) is 29.8. The number of benzene rings is 4. The first-order chi connectivity index (χ1) is 20.3. The number of carbonyl (C=O) groups is 2. The monoisotopic (exact) mass is 586 g/mol. The Morgan fingerprint density at radius 1 is 0.786 bits per heavy atom. The molecule has 0 saturated carbocycles. The first-order valence-corrected chi connectivity index (χ1v) is 14.5. The van der Waals surface area contributed by atoms with Gasteiger partial charge in [-0.1, -0.05) is 36.4 Å². The summed E-state index contributed by atoms with van der Waals surface area (Å²) in [6.45, 7) is 1.66. The quantitative estimate of drug-likeness (QED) is 0.176. The second kappa shape index (κ2) is 14.5. The summed E-state index contributed by atoms with van der Waals surface area (Å²) in [5.41, 5.74) is 4.01. The Hall–Kier alpha value is -5.16. The van der Waals surface area contributed by atoms with Gasteiger partial charge in [-0.3, -0.25) is 13.9 Å². The van der Waals surface area contributed by atoms with Gasteiger partial charge in [-0.15, -0.1) is 0 Å². The molecule has 10 nitrogen and oxygen atoms in total. The fourth-order valence-electron chi connectivity index (χ4n) is 3.77. The lowest BCUT2D eigenvalue weighted by atomic mass is 10.2. The van der Waals surface area contributed by atoms with E-state index in [0.29, 0.717) is 35.0 Å². The van der Waals surface area contributed by atoms with E-state index in [-0.39, 0.29) is 17.4 Å². The van der Waals surface area contributed by atoms with Gasteiger partial charge in [0.15, 0.2) is 6.61 Å². The number of hydrogen-bond donors (Lipinski definition) is 2. The molecule has 0 spiro atoms. The summed E-state index contributed by atoms with van der Waals surface area (Å²) in [4.78, 5) is 24.9. The average molecular weight is 587 g/mol. The van der Waals surface area contributed by atoms with E-state index in [2.05, 4.69) is 15.8 Å². The molecule has 0 radical (unpaired) electrons. The van der Waals surface area contributed by atoms with E-state index in [0.717, 1.165) is 4.31 Å². The number of carbonyl (C=O) groups excluding carboxylic acids is 2. The van der Waals surface area contributed by atoms with Crippen molar-refractivity contribution in [2.24, 2.45) is 5.10 Å². The molecule has 4 rings (SSSR count). The lowest BCUT2D eigenvalue weighted by Gasteiger charge is -2.24. The van der Waals surface area contributed by atoms with Gasteiger partial charge in [0.2, 0.25) is 0 Å². The van der Waals surface area contributed by atoms with E-state index >= 15 is 0 Å². The highest BCUT2D eigenvalue weighted by atomic mass is 32.2. The Balaban J connectivity index is 1.35. The first kappa shape index (κ1) is 29.8. The minimum absolute atomic E-state index is 0.0510. The van der Waals surface area contributed by atoms with Gasteiger partial charge >= 0.3 is 0 Å². The van der Waals surface area contributed by atoms with Gasteiger partial charge in [-0.2, -0.15) is 5.10 Å². The summed E-state index contributed by atoms with van der Waals surface area (Å²) in [5.74, 6) is 0.142. The summed E-state index contributed by atoms with van der Waals surface area (Å²) in [7, 11) is -4.05. The third kappa shape index (κ3) is 8.42. The molecule has 0 unspecified atom stereocenters. The minimum atomic E-state index is -4.05. The van der Waals surface area contributed by atoms with Gasteiger partial charge in [0.25, 0.3) is 21.8 Å². The molecule has 0 saturated heterocycles. The Morgan fingerprint density at radius 2 is 1.38 bits per heavy atom. The predicted molar refractivity (Wildman–Crippen MR) is 161 cm³/mol. The van der Waals surface area contributed by atoms with E-state index in [1.807, 2.05) is 25.1 Å². The molecule has 0 aliphatic rings. The minimum Gasteiger partial charge on any atom is -0.494 e. The van der Waals surface area contributed by atoms with E-state index in [1.54, 1.807) is 78.9 Å². The molecule has 0 atom stereocenters. The maximum absolute atomic E-state index is 13.4. The van der Waals surface area contributed by atoms with Gasteiger partial charge in [-0.05, 0) is 85.3 Å². The molecule has 0 aliphatic heterocycles. The van der Waals surface area contributed by atoms with Crippen LogP contribution >= 0.6 is 0 Å². The zero-order valence-electron chi connectivity index (χ0n) is 22.8. The van der Waals surface area contributed by atoms with Crippen molar-refractivity contribution in [3.05, 3.63) is 115 Å². The van der Waals surface area contributed by atoms with Crippen molar-refractivity contribution >= 4 is 39.4 Å². The van der Waals surface area contributed by atoms with Crippen LogP contribution in [0.15, 0.2) is 119 Å². The molecule has 0 bridgehead atoms. The highest BCUT2D eigenvalue weighted by Gasteiger charge is 2.27. The van der Waals surface area contributed by atoms with Gasteiger partial charge in [0, 0.05) is 5.69 Å². The summed E-state index contributed by atoms with van der Waals surface area (Å²) in [5, 5.41) is 6.70. The van der Waals surface area contributed by atoms with Crippen LogP contribution in [0.5, 0.6) is 11.5 Å². The van der Waals surface area contributed by atoms with Crippen LogP contribution in [0.1, 0.15) is 12.5 Å². The van der Waals surface area contributed by atoms with Crippen molar-refractivity contribution in [1.82, 2.24) is 5.43 Å². The van der Waals surface area contributed by atoms with Crippen molar-refractivity contribution in [3.8, 4) is 11.5 Å². The van der Waals surface area contributed by atoms with E-state index in [9.17, 15) is 18.0 Å². The summed E-state index contributed by atoms with van der Waals surface area (Å²) >= 11 is 0. The zero-order valence-corrected chi connectivity index (χ0v) is 23.7. The Kier molecular flexibility index (Phi) is 10.3. The number of anilines is 2. The van der Waals surface area contributed by atoms with Crippen LogP contribution in [0.3, 0.4) is 0 Å². The lowest BCUT2D eigenvalue weighted by molar-refractivity contribution is -0.119. The van der Waals surface area contributed by atoms with Crippen molar-refractivity contribution < 1.29 is 27.5 Å². The molecule has 0 aliphatic carbocycles. The molecule has 4 aromatic carbocycles. The van der Waals surface area contributed by atoms with Crippen molar-refractivity contribution in [1.29, 1.82) is 0 Å². The first-order valence-electron chi connectivity index (χ1n) is 13.1. The lowest BCUT2D eigenvalue weighted by Crippen LogP contribution is -2.39. The van der Waals surface area contributed by atoms with Crippen LogP contribution in [0, 0.1) is 0 Å². The molecule has 11 heteroatoms. The van der Waals surface area contributed by atoms with E-state index < -0.39 is 22.5 Å². The van der Waals surface area contributed by atoms with Crippen molar-refractivity contribution in [3.63, 3.8) is 0 Å². The Bertz CT molecular complexity index is 1600. The Morgan fingerprint density at radius 3 is 2.02 bits per heavy atom. The van der Waals surface area contributed by atoms with Crippen LogP contribution in [0.4, 0.5) is 11.4 Å². The second-order valence-corrected chi connectivity index (χ2v) is 10.7. The standard InChI is InChI=1S/C31H30N4O6S/c1-2-40-27-19-15-26(16-20-27)35(42(38,39)29-11-7-4-8-12-29)22-30(36)34-32-21-24-13-17-28(18-14-24)41-23-31(37)33-25-9-5-3-6-10-25/h3-21H,2,22-23H2,1H3,(H,33,37)(H,34,36)/b32-21+. The summed E-state index contributed by atoms with van der Waals surface area (Å²) in [6.07, 6.45) is 1.41. The van der Waals surface area contributed by atoms with Gasteiger partial charge < -0.3 is 14.8 Å². The molecule has 0 fully saturated rings. The largest absolute Gasteiger partial charge is 0.494 e. The summed E-state index contributed by atoms with van der Waals surface area (Å²) in [6, 6.07) is 30.1. The van der Waals surface area contributed by atoms with Gasteiger partial charge in [-0.25, -0.2) is 13.8 Å². The number of rotatable bonds is 13. The second-order valence-electron chi connectivity index (χ2n) is 8.82. The van der Waals surface area contributed by atoms with Crippen LogP contribution < -0.4 is 24.5 Å². The highest BCUT2D eigenvalue weighted by Crippen LogP contribution is 2.25. The van der Waals surface area contributed by atoms with Crippen LogP contribution in [0.25, 0.3) is 0 Å². The SMILES string of the molecule is CCOc1ccc(N(CC(=O)N/N=C/c2ccc(OCC(=O)Nc3ccccc3)cc2)S(=O)(=O)c2ccccc2)cc1. The maximum Gasteiger partial charge on any atom is 0.264 e. The number of amides is 2. The number of nitrogens with zero attached hydrogens (tertiary/aromatic N) is 2. The van der Waals surface area contributed by atoms with Crippen LogP contribution in [0.2, 0.25) is 0 Å². The van der Waals surface area contributed by atoms with Gasteiger partial charge in [0.05, 0.1) is 23.4 Å². The molecule has 0 heterocycles. The molecule has 4 aromatic rings. The van der Waals surface area contributed by atoms with Crippen molar-refractivity contribution in [2.75, 3.05) is 29.4 Å². The molecule has 0 aromatic heterocycles. The normalized spacial score (nSPS) is 11.1. The fourth-order valence-corrected chi connectivity index (χ4v) is 5.21. The number of ether oxygens (including phenoxy) is 2. The van der Waals surface area contributed by atoms with Gasteiger partial charge in [0.1, 0.15) is 18.0 Å². The van der Waals surface area contributed by atoms with E-state index in [1.165, 1.54) is 18.3 Å². The molecule has 2 amide bonds. The molecular weight excluding hydrogens is 556 g/mol. The smallest absolute Gasteiger partial charge is 0.264 e. The number of nitrogens with one attached hydrogen (secondary N) is 2. The molecular formula is C31H30N4O6S. The summed E-state index contributed by atoms with van der Waals surface area (Å²) < 4.78 is 38.8. The molecule has 42 heavy (non-hydrogen) atoms. The highest BCUT2D eigenvalue weighted by molar-refractivity contribution is 7.92. The van der Waals surface area contributed by atoms with Crippen molar-refractivity contribution in [2.45, 2.75) is 11.8 Å². The van der Waals surface area contributed by atoms with Crippen LogP contribution in [-0.2, 0) is 19.6 Å². The van der Waals surface area contributed by atoms with Crippen LogP contribution in [-0.4, -0.2) is 46.2 Å². The number of hydrogen-bond acceptors (Lipinski definition) is 7. The molecule has 2 N–H and O–H groups in total. The number of sulfonamides is 1. The fraction of sp³-hybridized carbons (Fsp3) is 0.129. The maximum atomic E-state index is 13.4. The number of hydrazone groups is 1. The molecule has 216 valence electrons. The number of para-hydroxylation sites is 1. The van der Waals surface area contributed by atoms with E-state index in [4.69, 9.17) is 9.47 Å². The third-order valence-electron chi connectivity index (χ3n) is 5.76.